The standard InChI is InChI=1S/C29H36ClN11O4.ClH/c1-5-34-26-27-35-14-19(13-32)41(27)40-28(39-26)37-21-9-17(12-31)10-23(25(21)30)45-24(42)11-18(8-16(2)3)36-22-15-33-7-6-20(22)38-29(43)44-4;/h9-10,14,16,18,20,22,33,36H,5-8,11,15H2,1-4H3,(H,38,43)(H2,34,37,39,40);1H/t18-,20?,22?;/m1./s1. The second-order valence-electron chi connectivity index (χ2n) is 10.9. The van der Waals surface area contributed by atoms with Crippen LogP contribution >= 0.6 is 24.0 Å². The van der Waals surface area contributed by atoms with Crippen LogP contribution in [0.25, 0.3) is 5.65 Å². The van der Waals surface area contributed by atoms with E-state index in [1.807, 2.05) is 13.0 Å². The summed E-state index contributed by atoms with van der Waals surface area (Å²) in [6, 6.07) is 6.36. The lowest BCUT2D eigenvalue weighted by molar-refractivity contribution is -0.135. The zero-order chi connectivity index (χ0) is 32.5. The number of imidazole rings is 1. The topological polar surface area (TPSA) is 203 Å². The molecule has 1 saturated heterocycles. The summed E-state index contributed by atoms with van der Waals surface area (Å²) in [5.41, 5.74) is 0.967. The van der Waals surface area contributed by atoms with Crippen LogP contribution in [0, 0.1) is 28.6 Å². The van der Waals surface area contributed by atoms with E-state index in [2.05, 4.69) is 61.6 Å². The molecule has 0 aliphatic carbocycles. The SMILES string of the molecule is CCNc1nc(Nc2cc(C#N)cc(OC(=O)C[C@@H](CC(C)C)NC3CNCCC3NC(=O)OC)c2Cl)nn2c(C#N)cnc12.Cl. The second-order valence-corrected chi connectivity index (χ2v) is 11.3. The van der Waals surface area contributed by atoms with Gasteiger partial charge < -0.3 is 36.1 Å². The van der Waals surface area contributed by atoms with Gasteiger partial charge in [-0.25, -0.2) is 9.78 Å². The van der Waals surface area contributed by atoms with Crippen LogP contribution in [-0.4, -0.2) is 76.5 Å². The number of halogens is 2. The van der Waals surface area contributed by atoms with Crippen molar-refractivity contribution in [1.29, 1.82) is 10.5 Å². The quantitative estimate of drug-likeness (QED) is 0.138. The van der Waals surface area contributed by atoms with E-state index in [0.717, 1.165) is 6.54 Å². The van der Waals surface area contributed by atoms with E-state index >= 15 is 0 Å². The lowest BCUT2D eigenvalue weighted by Gasteiger charge is -2.36. The number of nitriles is 2. The Labute approximate surface area is 277 Å². The molecule has 15 nitrogen and oxygen atoms in total. The number of hydrogen-bond acceptors (Lipinski definition) is 13. The van der Waals surface area contributed by atoms with Crippen LogP contribution < -0.4 is 31.3 Å². The van der Waals surface area contributed by atoms with E-state index in [1.165, 1.54) is 30.0 Å². The summed E-state index contributed by atoms with van der Waals surface area (Å²) in [4.78, 5) is 33.8. The van der Waals surface area contributed by atoms with Gasteiger partial charge in [-0.2, -0.15) is 20.0 Å². The molecule has 0 saturated carbocycles. The number of hydrogen-bond donors (Lipinski definition) is 5. The number of rotatable bonds is 12. The molecule has 1 amide bonds. The minimum atomic E-state index is -0.554. The maximum Gasteiger partial charge on any atom is 0.407 e. The summed E-state index contributed by atoms with van der Waals surface area (Å²) in [7, 11) is 1.32. The van der Waals surface area contributed by atoms with Gasteiger partial charge in [-0.1, -0.05) is 25.4 Å². The fourth-order valence-electron chi connectivity index (χ4n) is 5.11. The lowest BCUT2D eigenvalue weighted by atomic mass is 9.96. The monoisotopic (exact) mass is 673 g/mol. The van der Waals surface area contributed by atoms with E-state index in [9.17, 15) is 20.1 Å². The Morgan fingerprint density at radius 2 is 2.02 bits per heavy atom. The Kier molecular flexibility index (Phi) is 13.1. The van der Waals surface area contributed by atoms with Crippen molar-refractivity contribution >= 4 is 59.2 Å². The number of carbonyl (C=O) groups is 2. The molecule has 3 atom stereocenters. The van der Waals surface area contributed by atoms with Gasteiger partial charge in [-0.15, -0.1) is 17.5 Å². The number of anilines is 3. The Morgan fingerprint density at radius 3 is 2.70 bits per heavy atom. The summed E-state index contributed by atoms with van der Waals surface area (Å²) in [6.07, 6.45) is 2.26. The highest BCUT2D eigenvalue weighted by Crippen LogP contribution is 2.36. The largest absolute Gasteiger partial charge is 0.453 e. The predicted octanol–water partition coefficient (Wildman–Crippen LogP) is 3.50. The van der Waals surface area contributed by atoms with E-state index in [4.69, 9.17) is 21.1 Å². The number of piperidine rings is 1. The molecular weight excluding hydrogens is 637 g/mol. The minimum absolute atomic E-state index is 0. The van der Waals surface area contributed by atoms with Crippen molar-refractivity contribution in [3.63, 3.8) is 0 Å². The first kappa shape index (κ1) is 36.1. The highest BCUT2D eigenvalue weighted by atomic mass is 35.5. The van der Waals surface area contributed by atoms with E-state index in [0.29, 0.717) is 37.4 Å². The van der Waals surface area contributed by atoms with Gasteiger partial charge in [-0.3, -0.25) is 4.79 Å². The van der Waals surface area contributed by atoms with Crippen molar-refractivity contribution in [3.05, 3.63) is 34.6 Å². The van der Waals surface area contributed by atoms with Crippen molar-refractivity contribution < 1.29 is 19.1 Å². The molecule has 2 aromatic heterocycles. The number of ether oxygens (including phenoxy) is 2. The average molecular weight is 675 g/mol. The zero-order valence-corrected chi connectivity index (χ0v) is 27.5. The number of nitrogens with one attached hydrogen (secondary N) is 5. The molecule has 3 heterocycles. The number of benzene rings is 1. The smallest absolute Gasteiger partial charge is 0.407 e. The number of nitrogens with zero attached hydrogens (tertiary/aromatic N) is 6. The van der Waals surface area contributed by atoms with Gasteiger partial charge in [0, 0.05) is 37.3 Å². The van der Waals surface area contributed by atoms with Crippen LogP contribution in [0.2, 0.25) is 5.02 Å². The molecule has 5 N–H and O–H groups in total. The van der Waals surface area contributed by atoms with E-state index < -0.39 is 12.1 Å². The van der Waals surface area contributed by atoms with Crippen LogP contribution in [0.15, 0.2) is 18.3 Å². The first-order chi connectivity index (χ1) is 21.6. The number of fused-ring (bicyclic) bond motifs is 1. The van der Waals surface area contributed by atoms with E-state index in [-0.39, 0.29) is 76.5 Å². The van der Waals surface area contributed by atoms with Crippen molar-refractivity contribution in [2.24, 2.45) is 5.92 Å². The highest BCUT2D eigenvalue weighted by Gasteiger charge is 2.30. The summed E-state index contributed by atoms with van der Waals surface area (Å²) in [6.45, 7) is 7.88. The third kappa shape index (κ3) is 9.08. The lowest BCUT2D eigenvalue weighted by Crippen LogP contribution is -2.60. The first-order valence-electron chi connectivity index (χ1n) is 14.6. The number of methoxy groups -OCH3 is 1. The van der Waals surface area contributed by atoms with Gasteiger partial charge in [0.2, 0.25) is 5.95 Å². The molecule has 246 valence electrons. The molecule has 17 heteroatoms. The van der Waals surface area contributed by atoms with Gasteiger partial charge in [0.05, 0.1) is 37.0 Å². The van der Waals surface area contributed by atoms with Crippen LogP contribution in [-0.2, 0) is 9.53 Å². The summed E-state index contributed by atoms with van der Waals surface area (Å²) in [5.74, 6) is 0.156. The average Bonchev–Trinajstić information content (AvgIpc) is 3.43. The summed E-state index contributed by atoms with van der Waals surface area (Å²) >= 11 is 6.68. The molecule has 46 heavy (non-hydrogen) atoms. The molecule has 4 rings (SSSR count). The van der Waals surface area contributed by atoms with Crippen molar-refractivity contribution in [2.75, 3.05) is 37.4 Å². The van der Waals surface area contributed by atoms with Gasteiger partial charge in [0.25, 0.3) is 0 Å². The Bertz CT molecular complexity index is 1620. The van der Waals surface area contributed by atoms with Gasteiger partial charge in [0.15, 0.2) is 22.9 Å². The maximum absolute atomic E-state index is 13.3. The molecule has 1 aliphatic heterocycles. The Balaban J connectivity index is 0.00000576. The van der Waals surface area contributed by atoms with Gasteiger partial charge in [-0.05, 0) is 38.3 Å². The van der Waals surface area contributed by atoms with E-state index in [1.54, 1.807) is 0 Å². The minimum Gasteiger partial charge on any atom is -0.453 e. The Hall–Kier alpha value is -4.41. The third-order valence-corrected chi connectivity index (χ3v) is 7.44. The second kappa shape index (κ2) is 16.8. The number of carbonyl (C=O) groups excluding carboxylic acids is 2. The molecule has 0 bridgehead atoms. The first-order valence-corrected chi connectivity index (χ1v) is 15.0. The third-order valence-electron chi connectivity index (χ3n) is 7.05. The zero-order valence-electron chi connectivity index (χ0n) is 25.9. The molecule has 0 spiro atoms. The highest BCUT2D eigenvalue weighted by molar-refractivity contribution is 6.35. The Morgan fingerprint density at radius 1 is 1.24 bits per heavy atom. The van der Waals surface area contributed by atoms with Crippen molar-refractivity contribution in [1.82, 2.24) is 35.5 Å². The van der Waals surface area contributed by atoms with Crippen molar-refractivity contribution in [3.8, 4) is 17.9 Å². The maximum atomic E-state index is 13.3. The summed E-state index contributed by atoms with van der Waals surface area (Å²) in [5, 5.41) is 39.3. The van der Waals surface area contributed by atoms with Crippen LogP contribution in [0.4, 0.5) is 22.2 Å². The van der Waals surface area contributed by atoms with Gasteiger partial charge in [0.1, 0.15) is 11.1 Å². The molecule has 0 radical (unpaired) electrons. The number of esters is 1. The fourth-order valence-corrected chi connectivity index (χ4v) is 5.30. The number of alkyl carbamates (subject to hydrolysis) is 1. The van der Waals surface area contributed by atoms with Crippen molar-refractivity contribution in [2.45, 2.75) is 58.2 Å². The molecule has 1 aromatic carbocycles. The predicted molar refractivity (Wildman–Crippen MR) is 174 cm³/mol. The van der Waals surface area contributed by atoms with Crippen LogP contribution in [0.5, 0.6) is 5.75 Å². The van der Waals surface area contributed by atoms with Crippen LogP contribution in [0.3, 0.4) is 0 Å². The molecule has 3 aromatic rings. The normalized spacial score (nSPS) is 16.4. The molecule has 1 aliphatic rings. The van der Waals surface area contributed by atoms with Crippen LogP contribution in [0.1, 0.15) is 51.3 Å². The molecule has 2 unspecified atom stereocenters. The van der Waals surface area contributed by atoms with Gasteiger partial charge >= 0.3 is 12.1 Å². The molecular formula is C29H37Cl2N11O4. The number of amides is 1. The molecule has 1 fully saturated rings. The fraction of sp³-hybridized carbons (Fsp3) is 0.483. The summed E-state index contributed by atoms with van der Waals surface area (Å²) < 4.78 is 11.8. The number of aromatic nitrogens is 4.